The molecule has 0 radical (unpaired) electrons. The molecule has 2 aromatic rings. The molecule has 7 heteroatoms. The molecule has 0 spiro atoms. The number of benzene rings is 1. The van der Waals surface area contributed by atoms with Crippen molar-refractivity contribution < 1.29 is 13.2 Å². The fourth-order valence-corrected chi connectivity index (χ4v) is 5.28. The Balaban J connectivity index is 1.54. The van der Waals surface area contributed by atoms with Crippen molar-refractivity contribution in [3.63, 3.8) is 0 Å². The number of piperidine rings is 1. The molecule has 0 saturated carbocycles. The summed E-state index contributed by atoms with van der Waals surface area (Å²) in [5.41, 5.74) is 3.78. The molecule has 0 unspecified atom stereocenters. The SMILES string of the molecule is CC(C)S(=O)(=O)CC1CCN(C(=O)Cc2ccc3ncsc3c2)CC1. The van der Waals surface area contributed by atoms with Gasteiger partial charge in [-0.2, -0.15) is 0 Å². The molecular formula is C18H24N2O3S2. The summed E-state index contributed by atoms with van der Waals surface area (Å²) >= 11 is 1.58. The topological polar surface area (TPSA) is 67.3 Å². The fraction of sp³-hybridized carbons (Fsp3) is 0.556. The maximum absolute atomic E-state index is 12.5. The van der Waals surface area contributed by atoms with Gasteiger partial charge in [-0.1, -0.05) is 6.07 Å². The molecule has 1 amide bonds. The summed E-state index contributed by atoms with van der Waals surface area (Å²) in [6.07, 6.45) is 1.93. The van der Waals surface area contributed by atoms with Gasteiger partial charge in [-0.25, -0.2) is 13.4 Å². The van der Waals surface area contributed by atoms with E-state index in [1.807, 2.05) is 28.6 Å². The zero-order chi connectivity index (χ0) is 18.0. The number of carbonyl (C=O) groups is 1. The molecule has 1 aromatic heterocycles. The van der Waals surface area contributed by atoms with Crippen LogP contribution in [0.4, 0.5) is 0 Å². The summed E-state index contributed by atoms with van der Waals surface area (Å²) in [4.78, 5) is 18.7. The number of likely N-dealkylation sites (tertiary alicyclic amines) is 1. The number of thiazole rings is 1. The lowest BCUT2D eigenvalue weighted by molar-refractivity contribution is -0.131. The zero-order valence-corrected chi connectivity index (χ0v) is 16.3. The van der Waals surface area contributed by atoms with E-state index in [9.17, 15) is 13.2 Å². The van der Waals surface area contributed by atoms with Crippen LogP contribution in [0.5, 0.6) is 0 Å². The van der Waals surface area contributed by atoms with Gasteiger partial charge in [0.25, 0.3) is 0 Å². The Bertz CT molecular complexity index is 850. The van der Waals surface area contributed by atoms with Gasteiger partial charge >= 0.3 is 0 Å². The molecule has 5 nitrogen and oxygen atoms in total. The average molecular weight is 381 g/mol. The van der Waals surface area contributed by atoms with Gasteiger partial charge in [0.2, 0.25) is 5.91 Å². The highest BCUT2D eigenvalue weighted by Crippen LogP contribution is 2.23. The second-order valence-corrected chi connectivity index (χ2v) is 10.5. The Morgan fingerprint density at radius 3 is 2.72 bits per heavy atom. The normalized spacial score (nSPS) is 16.7. The molecule has 1 aliphatic rings. The van der Waals surface area contributed by atoms with E-state index in [0.717, 1.165) is 28.6 Å². The number of carbonyl (C=O) groups excluding carboxylic acids is 1. The van der Waals surface area contributed by atoms with Crippen LogP contribution in [0.25, 0.3) is 10.2 Å². The third-order valence-electron chi connectivity index (χ3n) is 4.90. The number of hydrogen-bond donors (Lipinski definition) is 0. The molecule has 1 aliphatic heterocycles. The van der Waals surface area contributed by atoms with E-state index in [-0.39, 0.29) is 22.8 Å². The van der Waals surface area contributed by atoms with Crippen molar-refractivity contribution in [2.75, 3.05) is 18.8 Å². The van der Waals surface area contributed by atoms with Crippen molar-refractivity contribution in [3.05, 3.63) is 29.3 Å². The van der Waals surface area contributed by atoms with E-state index in [1.54, 1.807) is 25.2 Å². The summed E-state index contributed by atoms with van der Waals surface area (Å²) in [6, 6.07) is 5.95. The first-order valence-electron chi connectivity index (χ1n) is 8.66. The fourth-order valence-electron chi connectivity index (χ4n) is 3.17. The largest absolute Gasteiger partial charge is 0.342 e. The summed E-state index contributed by atoms with van der Waals surface area (Å²) in [5.74, 6) is 0.536. The average Bonchev–Trinajstić information content (AvgIpc) is 3.02. The van der Waals surface area contributed by atoms with Crippen molar-refractivity contribution in [3.8, 4) is 0 Å². The first-order valence-corrected chi connectivity index (χ1v) is 11.3. The molecule has 1 aromatic carbocycles. The van der Waals surface area contributed by atoms with Gasteiger partial charge in [0, 0.05) is 13.1 Å². The Kier molecular flexibility index (Phi) is 5.43. The Morgan fingerprint density at radius 2 is 2.04 bits per heavy atom. The highest BCUT2D eigenvalue weighted by atomic mass is 32.2. The number of rotatable bonds is 5. The summed E-state index contributed by atoms with van der Waals surface area (Å²) in [7, 11) is -3.01. The van der Waals surface area contributed by atoms with Crippen molar-refractivity contribution in [2.45, 2.75) is 38.4 Å². The highest BCUT2D eigenvalue weighted by molar-refractivity contribution is 7.91. The van der Waals surface area contributed by atoms with E-state index in [0.29, 0.717) is 19.5 Å². The van der Waals surface area contributed by atoms with Crippen LogP contribution in [0.1, 0.15) is 32.3 Å². The number of amides is 1. The number of hydrogen-bond acceptors (Lipinski definition) is 5. The first-order chi connectivity index (χ1) is 11.8. The van der Waals surface area contributed by atoms with Gasteiger partial charge in [0.05, 0.1) is 33.2 Å². The monoisotopic (exact) mass is 380 g/mol. The molecule has 3 rings (SSSR count). The molecule has 1 saturated heterocycles. The van der Waals surface area contributed by atoms with Crippen LogP contribution in [0.3, 0.4) is 0 Å². The third kappa shape index (κ3) is 4.39. The summed E-state index contributed by atoms with van der Waals surface area (Å²) in [6.45, 7) is 4.77. The van der Waals surface area contributed by atoms with Crippen LogP contribution in [0.15, 0.2) is 23.7 Å². The van der Waals surface area contributed by atoms with Crippen molar-refractivity contribution >= 4 is 37.3 Å². The van der Waals surface area contributed by atoms with Crippen LogP contribution >= 0.6 is 11.3 Å². The molecule has 1 fully saturated rings. The summed E-state index contributed by atoms with van der Waals surface area (Å²) in [5, 5.41) is -0.325. The van der Waals surface area contributed by atoms with E-state index >= 15 is 0 Å². The van der Waals surface area contributed by atoms with Crippen molar-refractivity contribution in [1.29, 1.82) is 0 Å². The molecule has 0 aliphatic carbocycles. The molecule has 0 N–H and O–H groups in total. The lowest BCUT2D eigenvalue weighted by Gasteiger charge is -2.32. The van der Waals surface area contributed by atoms with E-state index in [1.165, 1.54) is 0 Å². The highest BCUT2D eigenvalue weighted by Gasteiger charge is 2.28. The molecule has 0 bridgehead atoms. The number of fused-ring (bicyclic) bond motifs is 1. The van der Waals surface area contributed by atoms with Crippen LogP contribution in [0, 0.1) is 5.92 Å². The van der Waals surface area contributed by atoms with Crippen LogP contribution < -0.4 is 0 Å². The van der Waals surface area contributed by atoms with Gasteiger partial charge in [-0.3, -0.25) is 4.79 Å². The van der Waals surface area contributed by atoms with Crippen LogP contribution in [-0.4, -0.2) is 48.3 Å². The summed E-state index contributed by atoms with van der Waals surface area (Å²) < 4.78 is 25.2. The van der Waals surface area contributed by atoms with Crippen molar-refractivity contribution in [1.82, 2.24) is 9.88 Å². The molecule has 2 heterocycles. The van der Waals surface area contributed by atoms with Crippen LogP contribution in [-0.2, 0) is 21.1 Å². The third-order valence-corrected chi connectivity index (χ3v) is 8.07. The minimum atomic E-state index is -3.01. The standard InChI is InChI=1S/C18H24N2O3S2/c1-13(2)25(22,23)11-14-5-7-20(8-6-14)18(21)10-15-3-4-16-17(9-15)24-12-19-16/h3-4,9,12-14H,5-8,10-11H2,1-2H3. The predicted molar refractivity (Wildman–Crippen MR) is 102 cm³/mol. The second kappa shape index (κ2) is 7.41. The van der Waals surface area contributed by atoms with Gasteiger partial charge in [0.15, 0.2) is 9.84 Å². The van der Waals surface area contributed by atoms with E-state index in [4.69, 9.17) is 0 Å². The van der Waals surface area contributed by atoms with Gasteiger partial charge in [0.1, 0.15) is 0 Å². The quantitative estimate of drug-likeness (QED) is 0.800. The van der Waals surface area contributed by atoms with E-state index in [2.05, 4.69) is 4.98 Å². The maximum Gasteiger partial charge on any atom is 0.226 e. The van der Waals surface area contributed by atoms with Gasteiger partial charge in [-0.05, 0) is 50.3 Å². The lowest BCUT2D eigenvalue weighted by atomic mass is 9.98. The van der Waals surface area contributed by atoms with Crippen molar-refractivity contribution in [2.24, 2.45) is 5.92 Å². The molecule has 0 atom stereocenters. The molecule has 136 valence electrons. The minimum absolute atomic E-state index is 0.119. The number of sulfone groups is 1. The Labute approximate surface area is 153 Å². The maximum atomic E-state index is 12.5. The molecule has 25 heavy (non-hydrogen) atoms. The first kappa shape index (κ1) is 18.3. The van der Waals surface area contributed by atoms with Gasteiger partial charge in [-0.15, -0.1) is 11.3 Å². The molecular weight excluding hydrogens is 356 g/mol. The lowest BCUT2D eigenvalue weighted by Crippen LogP contribution is -2.41. The predicted octanol–water partition coefficient (Wildman–Crippen LogP) is 2.90. The Morgan fingerprint density at radius 1 is 1.32 bits per heavy atom. The number of nitrogens with zero attached hydrogens (tertiary/aromatic N) is 2. The minimum Gasteiger partial charge on any atom is -0.342 e. The van der Waals surface area contributed by atoms with Gasteiger partial charge < -0.3 is 4.90 Å². The smallest absolute Gasteiger partial charge is 0.226 e. The Hall–Kier alpha value is -1.47. The second-order valence-electron chi connectivity index (χ2n) is 7.03. The number of aromatic nitrogens is 1. The zero-order valence-electron chi connectivity index (χ0n) is 14.6. The van der Waals surface area contributed by atoms with Crippen LogP contribution in [0.2, 0.25) is 0 Å². The van der Waals surface area contributed by atoms with E-state index < -0.39 is 9.84 Å².